The summed E-state index contributed by atoms with van der Waals surface area (Å²) >= 11 is 3.36. The lowest BCUT2D eigenvalue weighted by Crippen LogP contribution is -2.14. The quantitative estimate of drug-likeness (QED) is 0.945. The third kappa shape index (κ3) is 3.67. The number of benzene rings is 1. The van der Waals surface area contributed by atoms with Crippen LogP contribution in [-0.4, -0.2) is 10.9 Å². The molecule has 4 heteroatoms. The number of nitrogens with zero attached hydrogens (tertiary/aromatic N) is 1. The Hall–Kier alpha value is -1.68. The molecule has 0 saturated heterocycles. The first-order valence-electron chi connectivity index (χ1n) is 5.59. The molecule has 0 bridgehead atoms. The van der Waals surface area contributed by atoms with Crippen molar-refractivity contribution >= 4 is 27.5 Å². The maximum Gasteiger partial charge on any atom is 0.228 e. The topological polar surface area (TPSA) is 42.0 Å². The summed E-state index contributed by atoms with van der Waals surface area (Å²) in [4.78, 5) is 15.9. The van der Waals surface area contributed by atoms with Crippen LogP contribution in [0.1, 0.15) is 11.1 Å². The van der Waals surface area contributed by atoms with Gasteiger partial charge in [0.05, 0.1) is 18.3 Å². The van der Waals surface area contributed by atoms with E-state index in [1.54, 1.807) is 12.4 Å². The van der Waals surface area contributed by atoms with E-state index in [0.717, 1.165) is 21.3 Å². The summed E-state index contributed by atoms with van der Waals surface area (Å²) < 4.78 is 1.01. The van der Waals surface area contributed by atoms with Gasteiger partial charge in [0.25, 0.3) is 0 Å². The molecule has 3 nitrogen and oxygen atoms in total. The molecular formula is C14H13BrN2O. The van der Waals surface area contributed by atoms with Crippen LogP contribution >= 0.6 is 15.9 Å². The SMILES string of the molecule is Cc1cncc(NC(=O)Cc2ccc(Br)cc2)c1. The van der Waals surface area contributed by atoms with Crippen molar-refractivity contribution in [2.24, 2.45) is 0 Å². The third-order valence-electron chi connectivity index (χ3n) is 2.44. The number of hydrogen-bond acceptors (Lipinski definition) is 2. The molecule has 0 aliphatic carbocycles. The van der Waals surface area contributed by atoms with Gasteiger partial charge < -0.3 is 5.32 Å². The van der Waals surface area contributed by atoms with Crippen molar-refractivity contribution in [3.63, 3.8) is 0 Å². The molecule has 18 heavy (non-hydrogen) atoms. The fraction of sp³-hybridized carbons (Fsp3) is 0.143. The highest BCUT2D eigenvalue weighted by molar-refractivity contribution is 9.10. The molecule has 0 atom stereocenters. The number of carbonyl (C=O) groups excluding carboxylic acids is 1. The highest BCUT2D eigenvalue weighted by Crippen LogP contribution is 2.12. The Bertz CT molecular complexity index is 552. The molecule has 1 heterocycles. The number of rotatable bonds is 3. The van der Waals surface area contributed by atoms with E-state index in [0.29, 0.717) is 6.42 Å². The van der Waals surface area contributed by atoms with Crippen LogP contribution in [0.3, 0.4) is 0 Å². The van der Waals surface area contributed by atoms with E-state index >= 15 is 0 Å². The number of hydrogen-bond donors (Lipinski definition) is 1. The van der Waals surface area contributed by atoms with E-state index < -0.39 is 0 Å². The van der Waals surface area contributed by atoms with Crippen molar-refractivity contribution in [3.8, 4) is 0 Å². The molecule has 1 aromatic heterocycles. The van der Waals surface area contributed by atoms with Crippen LogP contribution in [0.2, 0.25) is 0 Å². The Kier molecular flexibility index (Phi) is 4.10. The summed E-state index contributed by atoms with van der Waals surface area (Å²) in [5.41, 5.74) is 2.74. The molecule has 0 aliphatic heterocycles. The average Bonchev–Trinajstić information content (AvgIpc) is 2.32. The molecular weight excluding hydrogens is 292 g/mol. The normalized spacial score (nSPS) is 10.1. The fourth-order valence-corrected chi connectivity index (χ4v) is 1.88. The molecule has 2 aromatic rings. The van der Waals surface area contributed by atoms with Crippen molar-refractivity contribution in [3.05, 3.63) is 58.3 Å². The Balaban J connectivity index is 1.98. The van der Waals surface area contributed by atoms with Crippen LogP contribution in [0.15, 0.2) is 47.2 Å². The molecule has 92 valence electrons. The highest BCUT2D eigenvalue weighted by Gasteiger charge is 2.04. The number of carbonyl (C=O) groups is 1. The fourth-order valence-electron chi connectivity index (χ4n) is 1.62. The minimum atomic E-state index is -0.0373. The van der Waals surface area contributed by atoms with Crippen LogP contribution in [-0.2, 0) is 11.2 Å². The van der Waals surface area contributed by atoms with E-state index in [9.17, 15) is 4.79 Å². The second-order valence-electron chi connectivity index (χ2n) is 4.10. The predicted octanol–water partition coefficient (Wildman–Crippen LogP) is 3.33. The summed E-state index contributed by atoms with van der Waals surface area (Å²) in [6.45, 7) is 1.94. The highest BCUT2D eigenvalue weighted by atomic mass is 79.9. The van der Waals surface area contributed by atoms with Gasteiger partial charge in [0.1, 0.15) is 0 Å². The number of aryl methyl sites for hydroxylation is 1. The first-order chi connectivity index (χ1) is 8.63. The summed E-state index contributed by atoms with van der Waals surface area (Å²) in [6.07, 6.45) is 3.76. The van der Waals surface area contributed by atoms with Crippen LogP contribution in [0.4, 0.5) is 5.69 Å². The first-order valence-corrected chi connectivity index (χ1v) is 6.39. The molecule has 0 fully saturated rings. The van der Waals surface area contributed by atoms with Crippen molar-refractivity contribution in [1.29, 1.82) is 0 Å². The zero-order valence-electron chi connectivity index (χ0n) is 9.98. The zero-order chi connectivity index (χ0) is 13.0. The van der Waals surface area contributed by atoms with E-state index in [1.807, 2.05) is 37.3 Å². The largest absolute Gasteiger partial charge is 0.324 e. The predicted molar refractivity (Wildman–Crippen MR) is 75.4 cm³/mol. The van der Waals surface area contributed by atoms with Crippen LogP contribution < -0.4 is 5.32 Å². The lowest BCUT2D eigenvalue weighted by atomic mass is 10.1. The van der Waals surface area contributed by atoms with Gasteiger partial charge in [-0.3, -0.25) is 9.78 Å². The maximum atomic E-state index is 11.8. The van der Waals surface area contributed by atoms with Crippen LogP contribution in [0.5, 0.6) is 0 Å². The lowest BCUT2D eigenvalue weighted by molar-refractivity contribution is -0.115. The number of aromatic nitrogens is 1. The summed E-state index contributed by atoms with van der Waals surface area (Å²) in [6, 6.07) is 9.61. The van der Waals surface area contributed by atoms with Gasteiger partial charge in [0, 0.05) is 10.7 Å². The number of amides is 1. The number of halogens is 1. The Morgan fingerprint density at radius 2 is 2.00 bits per heavy atom. The van der Waals surface area contributed by atoms with Gasteiger partial charge in [0.15, 0.2) is 0 Å². The minimum Gasteiger partial charge on any atom is -0.324 e. The number of pyridine rings is 1. The van der Waals surface area contributed by atoms with Gasteiger partial charge >= 0.3 is 0 Å². The Morgan fingerprint density at radius 1 is 1.28 bits per heavy atom. The Morgan fingerprint density at radius 3 is 2.67 bits per heavy atom. The number of anilines is 1. The maximum absolute atomic E-state index is 11.8. The first kappa shape index (κ1) is 12.8. The minimum absolute atomic E-state index is 0.0373. The lowest BCUT2D eigenvalue weighted by Gasteiger charge is -2.05. The standard InChI is InChI=1S/C14H13BrN2O/c1-10-6-13(9-16-8-10)17-14(18)7-11-2-4-12(15)5-3-11/h2-6,8-9H,7H2,1H3,(H,17,18). The molecule has 1 aromatic carbocycles. The van der Waals surface area contributed by atoms with Gasteiger partial charge in [-0.15, -0.1) is 0 Å². The van der Waals surface area contributed by atoms with Gasteiger partial charge in [-0.25, -0.2) is 0 Å². The van der Waals surface area contributed by atoms with Gasteiger partial charge in [0.2, 0.25) is 5.91 Å². The smallest absolute Gasteiger partial charge is 0.228 e. The van der Waals surface area contributed by atoms with Gasteiger partial charge in [-0.05, 0) is 36.2 Å². The van der Waals surface area contributed by atoms with Gasteiger partial charge in [-0.1, -0.05) is 28.1 Å². The summed E-state index contributed by atoms with van der Waals surface area (Å²) in [5.74, 6) is -0.0373. The molecule has 0 unspecified atom stereocenters. The molecule has 0 radical (unpaired) electrons. The van der Waals surface area contributed by atoms with Crippen LogP contribution in [0, 0.1) is 6.92 Å². The summed E-state index contributed by atoms with van der Waals surface area (Å²) in [7, 11) is 0. The van der Waals surface area contributed by atoms with E-state index in [2.05, 4.69) is 26.2 Å². The van der Waals surface area contributed by atoms with E-state index in [-0.39, 0.29) is 5.91 Å². The van der Waals surface area contributed by atoms with Crippen molar-refractivity contribution in [1.82, 2.24) is 4.98 Å². The Labute approximate surface area is 114 Å². The zero-order valence-corrected chi connectivity index (χ0v) is 11.6. The van der Waals surface area contributed by atoms with Crippen molar-refractivity contribution in [2.45, 2.75) is 13.3 Å². The molecule has 0 aliphatic rings. The van der Waals surface area contributed by atoms with Crippen molar-refractivity contribution in [2.75, 3.05) is 5.32 Å². The van der Waals surface area contributed by atoms with E-state index in [1.165, 1.54) is 0 Å². The van der Waals surface area contributed by atoms with Crippen molar-refractivity contribution < 1.29 is 4.79 Å². The molecule has 1 N–H and O–H groups in total. The molecule has 1 amide bonds. The van der Waals surface area contributed by atoms with Crippen LogP contribution in [0.25, 0.3) is 0 Å². The summed E-state index contributed by atoms with van der Waals surface area (Å²) in [5, 5.41) is 2.83. The third-order valence-corrected chi connectivity index (χ3v) is 2.97. The number of nitrogens with one attached hydrogen (secondary N) is 1. The molecule has 0 saturated carbocycles. The second kappa shape index (κ2) is 5.78. The molecule has 0 spiro atoms. The van der Waals surface area contributed by atoms with Gasteiger partial charge in [-0.2, -0.15) is 0 Å². The molecule has 2 rings (SSSR count). The average molecular weight is 305 g/mol. The monoisotopic (exact) mass is 304 g/mol. The van der Waals surface area contributed by atoms with E-state index in [4.69, 9.17) is 0 Å². The second-order valence-corrected chi connectivity index (χ2v) is 5.02.